The van der Waals surface area contributed by atoms with E-state index in [2.05, 4.69) is 6.58 Å². The lowest BCUT2D eigenvalue weighted by atomic mass is 9.74. The quantitative estimate of drug-likeness (QED) is 0.619. The van der Waals surface area contributed by atoms with Crippen molar-refractivity contribution in [1.82, 2.24) is 0 Å². The fourth-order valence-corrected chi connectivity index (χ4v) is 1.80. The Morgan fingerprint density at radius 3 is 1.67 bits per heavy atom. The average molecular weight is 293 g/mol. The summed E-state index contributed by atoms with van der Waals surface area (Å²) in [5.74, 6) is 0. The van der Waals surface area contributed by atoms with Gasteiger partial charge in [0.1, 0.15) is 0 Å². The molecule has 4 heteroatoms. The number of nitrogens with two attached hydrogens (primary N) is 1. The Bertz CT molecular complexity index is 428. The maximum absolute atomic E-state index is 6.18. The van der Waals surface area contributed by atoms with Gasteiger partial charge >= 0.3 is 7.12 Å². The molecule has 1 saturated heterocycles. The molecule has 0 saturated carbocycles. The Balaban J connectivity index is 0.00000191. The minimum absolute atomic E-state index is 0.367. The zero-order valence-corrected chi connectivity index (χ0v) is 15.3. The Morgan fingerprint density at radius 2 is 1.38 bits per heavy atom. The Kier molecular flexibility index (Phi) is 6.98. The molecule has 21 heavy (non-hydrogen) atoms. The third kappa shape index (κ3) is 4.75. The third-order valence-electron chi connectivity index (χ3n) is 3.76. The summed E-state index contributed by atoms with van der Waals surface area (Å²) in [6.45, 7) is 21.9. The molecule has 1 aliphatic heterocycles. The fourth-order valence-electron chi connectivity index (χ4n) is 1.80. The zero-order valence-electron chi connectivity index (χ0n) is 15.3. The monoisotopic (exact) mass is 293 g/mol. The lowest BCUT2D eigenvalue weighted by Gasteiger charge is -2.32. The van der Waals surface area contributed by atoms with Crippen molar-refractivity contribution in [3.05, 3.63) is 35.0 Å². The van der Waals surface area contributed by atoms with Crippen LogP contribution in [-0.2, 0) is 9.31 Å². The summed E-state index contributed by atoms with van der Waals surface area (Å²) in [4.78, 5) is 0. The number of allylic oxidation sites excluding steroid dienone is 4. The molecule has 0 amide bonds. The molecule has 0 unspecified atom stereocenters. The molecule has 0 aromatic carbocycles. The molecule has 0 radical (unpaired) electrons. The van der Waals surface area contributed by atoms with E-state index in [9.17, 15) is 0 Å². The smallest absolute Gasteiger partial charge is 0.399 e. The predicted molar refractivity (Wildman–Crippen MR) is 92.9 cm³/mol. The molecule has 0 aliphatic carbocycles. The molecule has 120 valence electrons. The summed E-state index contributed by atoms with van der Waals surface area (Å²) in [6, 6.07) is 0. The van der Waals surface area contributed by atoms with E-state index in [-0.39, 0.29) is 11.2 Å². The Hall–Kier alpha value is -0.995. The van der Waals surface area contributed by atoms with Crippen LogP contribution in [0.15, 0.2) is 35.0 Å². The van der Waals surface area contributed by atoms with E-state index in [1.54, 1.807) is 0 Å². The van der Waals surface area contributed by atoms with E-state index in [4.69, 9.17) is 15.0 Å². The van der Waals surface area contributed by atoms with Gasteiger partial charge in [0, 0.05) is 11.2 Å². The molecule has 0 spiro atoms. The standard InChI is InChI=1S/C15H26BNO2.C2H6/c1-10(2)9-12(13(17)11(3)4)16-18-14(5,6)15(7,8)19-16;1-2/h9H,1,17H2,2-8H3;1-2H3/b12-9+;. The van der Waals surface area contributed by atoms with Gasteiger partial charge in [-0.2, -0.15) is 0 Å². The van der Waals surface area contributed by atoms with Crippen LogP contribution in [0.3, 0.4) is 0 Å². The summed E-state index contributed by atoms with van der Waals surface area (Å²) >= 11 is 0. The van der Waals surface area contributed by atoms with Crippen LogP contribution in [0.1, 0.15) is 62.3 Å². The van der Waals surface area contributed by atoms with Crippen LogP contribution in [0.2, 0.25) is 0 Å². The normalized spacial score (nSPS) is 19.7. The van der Waals surface area contributed by atoms with Crippen LogP contribution < -0.4 is 5.73 Å². The van der Waals surface area contributed by atoms with Crippen LogP contribution in [0.4, 0.5) is 0 Å². The fraction of sp³-hybridized carbons (Fsp3) is 0.647. The van der Waals surface area contributed by atoms with Crippen molar-refractivity contribution in [2.75, 3.05) is 0 Å². The lowest BCUT2D eigenvalue weighted by Crippen LogP contribution is -2.41. The van der Waals surface area contributed by atoms with Crippen LogP contribution in [0.5, 0.6) is 0 Å². The summed E-state index contributed by atoms with van der Waals surface area (Å²) in [6.07, 6.45) is 1.94. The van der Waals surface area contributed by atoms with E-state index in [1.165, 1.54) is 0 Å². The summed E-state index contributed by atoms with van der Waals surface area (Å²) in [5, 5.41) is 0. The highest BCUT2D eigenvalue weighted by molar-refractivity contribution is 6.56. The summed E-state index contributed by atoms with van der Waals surface area (Å²) < 4.78 is 12.1. The first-order valence-corrected chi connectivity index (χ1v) is 7.64. The van der Waals surface area contributed by atoms with Crippen LogP contribution in [0.25, 0.3) is 0 Å². The van der Waals surface area contributed by atoms with Crippen molar-refractivity contribution in [2.24, 2.45) is 5.73 Å². The topological polar surface area (TPSA) is 44.5 Å². The summed E-state index contributed by atoms with van der Waals surface area (Å²) in [5.41, 5.74) is 8.97. The molecular weight excluding hydrogens is 261 g/mol. The molecule has 1 aliphatic rings. The number of hydrogen-bond acceptors (Lipinski definition) is 3. The number of hydrogen-bond donors (Lipinski definition) is 1. The molecule has 1 fully saturated rings. The average Bonchev–Trinajstić information content (AvgIpc) is 2.56. The molecule has 0 bridgehead atoms. The second-order valence-corrected chi connectivity index (χ2v) is 6.45. The van der Waals surface area contributed by atoms with Crippen molar-refractivity contribution in [1.29, 1.82) is 0 Å². The molecule has 0 aromatic rings. The van der Waals surface area contributed by atoms with Gasteiger partial charge in [-0.1, -0.05) is 37.6 Å². The minimum atomic E-state index is -0.448. The van der Waals surface area contributed by atoms with E-state index in [0.717, 1.165) is 16.6 Å². The van der Waals surface area contributed by atoms with Crippen LogP contribution in [-0.4, -0.2) is 18.3 Å². The second kappa shape index (κ2) is 7.32. The highest BCUT2D eigenvalue weighted by atomic mass is 16.7. The van der Waals surface area contributed by atoms with E-state index in [1.807, 2.05) is 68.4 Å². The highest BCUT2D eigenvalue weighted by Crippen LogP contribution is 2.39. The van der Waals surface area contributed by atoms with E-state index < -0.39 is 7.12 Å². The van der Waals surface area contributed by atoms with Gasteiger partial charge in [-0.25, -0.2) is 0 Å². The van der Waals surface area contributed by atoms with Crippen molar-refractivity contribution >= 4 is 7.12 Å². The largest absolute Gasteiger partial charge is 0.496 e. The summed E-state index contributed by atoms with van der Waals surface area (Å²) in [7, 11) is -0.448. The van der Waals surface area contributed by atoms with Gasteiger partial charge in [0.25, 0.3) is 0 Å². The SMILES string of the molecule is C=C(C)/C=C(/B1OC(C)(C)C(C)(C)O1)C(N)=C(C)C.CC. The molecule has 3 nitrogen and oxygen atoms in total. The van der Waals surface area contributed by atoms with Gasteiger partial charge in [-0.15, -0.1) is 0 Å². The first-order valence-electron chi connectivity index (χ1n) is 7.64. The first kappa shape index (κ1) is 20.0. The van der Waals surface area contributed by atoms with Gasteiger partial charge in [0.15, 0.2) is 0 Å². The van der Waals surface area contributed by atoms with Crippen LogP contribution >= 0.6 is 0 Å². The molecule has 0 aromatic heterocycles. The van der Waals surface area contributed by atoms with E-state index >= 15 is 0 Å². The molecule has 0 atom stereocenters. The molecule has 1 heterocycles. The Morgan fingerprint density at radius 1 is 1.00 bits per heavy atom. The Labute approximate surface area is 131 Å². The highest BCUT2D eigenvalue weighted by Gasteiger charge is 2.52. The maximum atomic E-state index is 6.18. The van der Waals surface area contributed by atoms with Crippen molar-refractivity contribution in [3.63, 3.8) is 0 Å². The zero-order chi connectivity index (χ0) is 17.0. The van der Waals surface area contributed by atoms with Gasteiger partial charge < -0.3 is 15.0 Å². The van der Waals surface area contributed by atoms with Crippen molar-refractivity contribution in [2.45, 2.75) is 73.5 Å². The lowest BCUT2D eigenvalue weighted by molar-refractivity contribution is 0.00578. The van der Waals surface area contributed by atoms with Crippen LogP contribution in [0, 0.1) is 0 Å². The van der Waals surface area contributed by atoms with Crippen molar-refractivity contribution < 1.29 is 9.31 Å². The van der Waals surface area contributed by atoms with Gasteiger partial charge in [-0.3, -0.25) is 0 Å². The van der Waals surface area contributed by atoms with Gasteiger partial charge in [0.2, 0.25) is 0 Å². The second-order valence-electron chi connectivity index (χ2n) is 6.45. The third-order valence-corrected chi connectivity index (χ3v) is 3.76. The van der Waals surface area contributed by atoms with Crippen molar-refractivity contribution in [3.8, 4) is 0 Å². The molecule has 2 N–H and O–H groups in total. The predicted octanol–water partition coefficient (Wildman–Crippen LogP) is 4.40. The molecule has 1 rings (SSSR count). The van der Waals surface area contributed by atoms with E-state index in [0.29, 0.717) is 5.70 Å². The first-order chi connectivity index (χ1) is 9.48. The maximum Gasteiger partial charge on any atom is 0.496 e. The van der Waals surface area contributed by atoms with Gasteiger partial charge in [-0.05, 0) is 48.5 Å². The minimum Gasteiger partial charge on any atom is -0.399 e. The van der Waals surface area contributed by atoms with Gasteiger partial charge in [0.05, 0.1) is 11.2 Å². The molecular formula is C17H32BNO2. The number of rotatable bonds is 3.